The van der Waals surface area contributed by atoms with Gasteiger partial charge in [0.05, 0.1) is 6.61 Å². The molecule has 0 radical (unpaired) electrons. The van der Waals surface area contributed by atoms with Crippen LogP contribution in [0.15, 0.2) is 36.5 Å². The number of nitrogens with one attached hydrogen (secondary N) is 1. The quantitative estimate of drug-likeness (QED) is 0.465. The Morgan fingerprint density at radius 1 is 1.35 bits per heavy atom. The minimum absolute atomic E-state index is 0.307. The van der Waals surface area contributed by atoms with Gasteiger partial charge in [0.2, 0.25) is 0 Å². The van der Waals surface area contributed by atoms with Crippen molar-refractivity contribution in [1.82, 2.24) is 0 Å². The van der Waals surface area contributed by atoms with Crippen LogP contribution in [0.1, 0.15) is 25.3 Å². The van der Waals surface area contributed by atoms with Crippen molar-refractivity contribution in [1.29, 1.82) is 0 Å². The number of carbonyl (C=O) groups excluding carboxylic acids is 1. The van der Waals surface area contributed by atoms with Crippen molar-refractivity contribution in [3.63, 3.8) is 0 Å². The Hall–Kier alpha value is -1.77. The van der Waals surface area contributed by atoms with E-state index >= 15 is 0 Å². The van der Waals surface area contributed by atoms with Crippen molar-refractivity contribution >= 4 is 11.7 Å². The van der Waals surface area contributed by atoms with E-state index in [2.05, 4.69) is 12.2 Å². The predicted molar refractivity (Wildman–Crippen MR) is 69.8 cm³/mol. The van der Waals surface area contributed by atoms with Crippen molar-refractivity contribution < 1.29 is 9.53 Å². The second kappa shape index (κ2) is 7.49. The van der Waals surface area contributed by atoms with Crippen LogP contribution in [0.5, 0.6) is 0 Å². The van der Waals surface area contributed by atoms with E-state index in [1.165, 1.54) is 11.6 Å². The molecule has 0 aliphatic heterocycles. The van der Waals surface area contributed by atoms with Gasteiger partial charge in [-0.1, -0.05) is 31.0 Å². The molecule has 17 heavy (non-hydrogen) atoms. The molecule has 0 aromatic heterocycles. The maximum atomic E-state index is 11.2. The van der Waals surface area contributed by atoms with Gasteiger partial charge in [0, 0.05) is 18.0 Å². The van der Waals surface area contributed by atoms with E-state index in [9.17, 15) is 4.79 Å². The van der Waals surface area contributed by atoms with Gasteiger partial charge in [-0.25, -0.2) is 4.79 Å². The summed E-state index contributed by atoms with van der Waals surface area (Å²) in [5, 5.41) is 3.01. The molecule has 0 saturated heterocycles. The molecule has 0 spiro atoms. The van der Waals surface area contributed by atoms with Crippen LogP contribution in [-0.2, 0) is 9.53 Å². The molecule has 0 fully saturated rings. The lowest BCUT2D eigenvalue weighted by Crippen LogP contribution is -2.02. The Bertz CT molecular complexity index is 368. The fourth-order valence-corrected chi connectivity index (χ4v) is 1.22. The summed E-state index contributed by atoms with van der Waals surface area (Å²) >= 11 is 0. The Balaban J connectivity index is 2.29. The number of hydrogen-bond acceptors (Lipinski definition) is 3. The van der Waals surface area contributed by atoms with Crippen LogP contribution in [0.25, 0.3) is 0 Å². The fourth-order valence-electron chi connectivity index (χ4n) is 1.22. The molecule has 0 aliphatic rings. The van der Waals surface area contributed by atoms with Gasteiger partial charge in [-0.3, -0.25) is 0 Å². The van der Waals surface area contributed by atoms with E-state index in [0.29, 0.717) is 6.61 Å². The molecule has 3 nitrogen and oxygen atoms in total. The number of unbranched alkanes of at least 4 members (excludes halogenated alkanes) is 1. The molecule has 1 aromatic rings. The predicted octanol–water partition coefficient (Wildman–Crippen LogP) is 3.26. The molecule has 92 valence electrons. The summed E-state index contributed by atoms with van der Waals surface area (Å²) in [5.41, 5.74) is 2.16. The zero-order chi connectivity index (χ0) is 12.5. The van der Waals surface area contributed by atoms with Crippen molar-refractivity contribution in [3.8, 4) is 0 Å². The largest absolute Gasteiger partial charge is 0.462 e. The second-order valence-corrected chi connectivity index (χ2v) is 3.86. The third-order valence-electron chi connectivity index (χ3n) is 2.26. The molecule has 1 rings (SSSR count). The van der Waals surface area contributed by atoms with Gasteiger partial charge in [-0.15, -0.1) is 0 Å². The van der Waals surface area contributed by atoms with Gasteiger partial charge in [0.25, 0.3) is 0 Å². The maximum absolute atomic E-state index is 11.2. The Labute approximate surface area is 102 Å². The summed E-state index contributed by atoms with van der Waals surface area (Å²) < 4.78 is 4.97. The number of aryl methyl sites for hydroxylation is 1. The summed E-state index contributed by atoms with van der Waals surface area (Å²) in [5.74, 6) is -0.307. The highest BCUT2D eigenvalue weighted by molar-refractivity contribution is 5.82. The van der Waals surface area contributed by atoms with Crippen molar-refractivity contribution in [2.45, 2.75) is 26.7 Å². The zero-order valence-electron chi connectivity index (χ0n) is 10.4. The average molecular weight is 233 g/mol. The summed E-state index contributed by atoms with van der Waals surface area (Å²) in [6.45, 7) is 4.58. The minimum atomic E-state index is -0.307. The lowest BCUT2D eigenvalue weighted by Gasteiger charge is -2.01. The third-order valence-corrected chi connectivity index (χ3v) is 2.26. The molecule has 0 bridgehead atoms. The van der Waals surface area contributed by atoms with Gasteiger partial charge in [0.15, 0.2) is 0 Å². The van der Waals surface area contributed by atoms with Crippen LogP contribution >= 0.6 is 0 Å². The first-order valence-corrected chi connectivity index (χ1v) is 5.89. The van der Waals surface area contributed by atoms with Crippen LogP contribution in [-0.4, -0.2) is 12.6 Å². The molecule has 3 heteroatoms. The number of esters is 1. The standard InChI is InChI=1S/C14H19NO2/c1-3-4-11-17-14(16)9-10-15-13-7-5-12(2)6-8-13/h5-10,15H,3-4,11H2,1-2H3/b10-9+. The topological polar surface area (TPSA) is 38.3 Å². The summed E-state index contributed by atoms with van der Waals surface area (Å²) in [7, 11) is 0. The van der Waals surface area contributed by atoms with Gasteiger partial charge in [0.1, 0.15) is 0 Å². The maximum Gasteiger partial charge on any atom is 0.332 e. The fraction of sp³-hybridized carbons (Fsp3) is 0.357. The van der Waals surface area contributed by atoms with E-state index in [-0.39, 0.29) is 5.97 Å². The minimum Gasteiger partial charge on any atom is -0.462 e. The molecule has 1 aromatic carbocycles. The molecular formula is C14H19NO2. The monoisotopic (exact) mass is 233 g/mol. The highest BCUT2D eigenvalue weighted by Crippen LogP contribution is 2.08. The lowest BCUT2D eigenvalue weighted by atomic mass is 10.2. The van der Waals surface area contributed by atoms with Crippen LogP contribution in [0.2, 0.25) is 0 Å². The summed E-state index contributed by atoms with van der Waals surface area (Å²) in [6.07, 6.45) is 4.93. The van der Waals surface area contributed by atoms with Crippen LogP contribution in [0, 0.1) is 6.92 Å². The SMILES string of the molecule is CCCCOC(=O)/C=C/Nc1ccc(C)cc1. The first-order chi connectivity index (χ1) is 8.22. The van der Waals surface area contributed by atoms with Gasteiger partial charge >= 0.3 is 5.97 Å². The number of anilines is 1. The average Bonchev–Trinajstić information content (AvgIpc) is 2.32. The highest BCUT2D eigenvalue weighted by Gasteiger charge is 1.95. The third kappa shape index (κ3) is 5.76. The van der Waals surface area contributed by atoms with Crippen LogP contribution < -0.4 is 5.32 Å². The van der Waals surface area contributed by atoms with Gasteiger partial charge in [-0.2, -0.15) is 0 Å². The smallest absolute Gasteiger partial charge is 0.332 e. The molecule has 0 aliphatic carbocycles. The van der Waals surface area contributed by atoms with Gasteiger partial charge in [-0.05, 0) is 25.5 Å². The molecule has 0 heterocycles. The van der Waals surface area contributed by atoms with E-state index in [0.717, 1.165) is 18.5 Å². The summed E-state index contributed by atoms with van der Waals surface area (Å²) in [6, 6.07) is 7.94. The first kappa shape index (κ1) is 13.3. The van der Waals surface area contributed by atoms with E-state index in [1.54, 1.807) is 6.20 Å². The molecule has 0 saturated carbocycles. The molecule has 0 amide bonds. The Kier molecular flexibility index (Phi) is 5.86. The number of benzene rings is 1. The van der Waals surface area contributed by atoms with E-state index < -0.39 is 0 Å². The number of hydrogen-bond donors (Lipinski definition) is 1. The molecular weight excluding hydrogens is 214 g/mol. The van der Waals surface area contributed by atoms with E-state index in [1.807, 2.05) is 31.2 Å². The lowest BCUT2D eigenvalue weighted by molar-refractivity contribution is -0.137. The van der Waals surface area contributed by atoms with Crippen molar-refractivity contribution in [3.05, 3.63) is 42.1 Å². The summed E-state index contributed by atoms with van der Waals surface area (Å²) in [4.78, 5) is 11.2. The highest BCUT2D eigenvalue weighted by atomic mass is 16.5. The van der Waals surface area contributed by atoms with E-state index in [4.69, 9.17) is 4.74 Å². The Morgan fingerprint density at radius 3 is 2.71 bits per heavy atom. The molecule has 0 atom stereocenters. The van der Waals surface area contributed by atoms with Crippen molar-refractivity contribution in [2.75, 3.05) is 11.9 Å². The van der Waals surface area contributed by atoms with Crippen LogP contribution in [0.4, 0.5) is 5.69 Å². The molecule has 1 N–H and O–H groups in total. The zero-order valence-corrected chi connectivity index (χ0v) is 10.4. The van der Waals surface area contributed by atoms with Crippen molar-refractivity contribution in [2.24, 2.45) is 0 Å². The van der Waals surface area contributed by atoms with Crippen LogP contribution in [0.3, 0.4) is 0 Å². The first-order valence-electron chi connectivity index (χ1n) is 5.89. The Morgan fingerprint density at radius 2 is 2.06 bits per heavy atom. The normalized spacial score (nSPS) is 10.5. The number of rotatable bonds is 6. The molecule has 0 unspecified atom stereocenters. The second-order valence-electron chi connectivity index (χ2n) is 3.86. The number of ether oxygens (including phenoxy) is 1. The number of carbonyl (C=O) groups is 1. The van der Waals surface area contributed by atoms with Gasteiger partial charge < -0.3 is 10.1 Å².